The summed E-state index contributed by atoms with van der Waals surface area (Å²) < 4.78 is 15.3. The first-order valence-electron chi connectivity index (χ1n) is 6.68. The molecule has 0 fully saturated rings. The van der Waals surface area contributed by atoms with Crippen LogP contribution in [0, 0.1) is 5.82 Å². The van der Waals surface area contributed by atoms with Gasteiger partial charge in [-0.15, -0.1) is 0 Å². The smallest absolute Gasteiger partial charge is 0.141 e. The zero-order chi connectivity index (χ0) is 14.8. The first-order valence-corrected chi connectivity index (χ1v) is 7.06. The van der Waals surface area contributed by atoms with Gasteiger partial charge in [-0.1, -0.05) is 17.7 Å². The van der Waals surface area contributed by atoms with Gasteiger partial charge in [0.05, 0.1) is 11.7 Å². The van der Waals surface area contributed by atoms with E-state index in [2.05, 4.69) is 21.1 Å². The largest absolute Gasteiger partial charge is 0.343 e. The Morgan fingerprint density at radius 3 is 2.90 bits per heavy atom. The molecule has 0 unspecified atom stereocenters. The average Bonchev–Trinajstić information content (AvgIpc) is 2.77. The molecule has 3 rings (SSSR count). The summed E-state index contributed by atoms with van der Waals surface area (Å²) in [4.78, 5) is 3.89. The molecule has 1 N–H and O–H groups in total. The minimum absolute atomic E-state index is 0.322. The van der Waals surface area contributed by atoms with Gasteiger partial charge in [0.15, 0.2) is 0 Å². The normalized spacial score (nSPS) is 11.2. The number of hydrogen-bond acceptors (Lipinski definition) is 2. The summed E-state index contributed by atoms with van der Waals surface area (Å²) in [5.74, 6) is -0.322. The summed E-state index contributed by atoms with van der Waals surface area (Å²) in [5.41, 5.74) is 3.05. The second-order valence-electron chi connectivity index (χ2n) is 4.99. The third kappa shape index (κ3) is 2.91. The molecule has 0 bridgehead atoms. The molecule has 3 nitrogen and oxygen atoms in total. The van der Waals surface area contributed by atoms with Gasteiger partial charge in [-0.2, -0.15) is 0 Å². The number of aromatic nitrogens is 2. The van der Waals surface area contributed by atoms with E-state index >= 15 is 0 Å². The Morgan fingerprint density at radius 1 is 1.29 bits per heavy atom. The number of benzene rings is 1. The first-order chi connectivity index (χ1) is 10.2. The minimum atomic E-state index is -0.322. The topological polar surface area (TPSA) is 29.9 Å². The highest BCUT2D eigenvalue weighted by atomic mass is 35.5. The summed E-state index contributed by atoms with van der Waals surface area (Å²) in [6.07, 6.45) is 4.96. The van der Waals surface area contributed by atoms with Gasteiger partial charge >= 0.3 is 0 Å². The van der Waals surface area contributed by atoms with Crippen LogP contribution in [0.25, 0.3) is 10.9 Å². The maximum Gasteiger partial charge on any atom is 0.141 e. The number of halogens is 2. The number of rotatable bonds is 4. The van der Waals surface area contributed by atoms with Gasteiger partial charge in [-0.25, -0.2) is 4.39 Å². The molecule has 0 saturated carbocycles. The Kier molecular flexibility index (Phi) is 3.90. The fraction of sp³-hybridized carbons (Fsp3) is 0.188. The number of nitrogens with one attached hydrogen (secondary N) is 1. The van der Waals surface area contributed by atoms with Gasteiger partial charge in [0, 0.05) is 35.9 Å². The lowest BCUT2D eigenvalue weighted by Crippen LogP contribution is -2.04. The van der Waals surface area contributed by atoms with E-state index in [-0.39, 0.29) is 5.82 Å². The molecule has 0 aliphatic carbocycles. The predicted molar refractivity (Wildman–Crippen MR) is 83.0 cm³/mol. The van der Waals surface area contributed by atoms with Crippen molar-refractivity contribution in [1.82, 2.24) is 14.9 Å². The predicted octanol–water partition coefficient (Wildman–Crippen LogP) is 3.60. The van der Waals surface area contributed by atoms with Crippen LogP contribution in [0.4, 0.5) is 4.39 Å². The van der Waals surface area contributed by atoms with Crippen LogP contribution in [0.3, 0.4) is 0 Å². The molecular formula is C16H15ClFN3. The number of pyridine rings is 1. The van der Waals surface area contributed by atoms with Crippen LogP contribution in [-0.4, -0.2) is 16.6 Å². The van der Waals surface area contributed by atoms with Crippen LogP contribution in [0.1, 0.15) is 11.1 Å². The molecule has 2 aromatic heterocycles. The third-order valence-corrected chi connectivity index (χ3v) is 3.64. The quantitative estimate of drug-likeness (QED) is 0.798. The zero-order valence-electron chi connectivity index (χ0n) is 11.6. The van der Waals surface area contributed by atoms with E-state index < -0.39 is 0 Å². The molecule has 3 aromatic rings. The van der Waals surface area contributed by atoms with Crippen molar-refractivity contribution < 1.29 is 4.39 Å². The molecule has 0 aliphatic heterocycles. The summed E-state index contributed by atoms with van der Waals surface area (Å²) >= 11 is 6.10. The summed E-state index contributed by atoms with van der Waals surface area (Å²) in [5, 5.41) is 5.00. The fourth-order valence-electron chi connectivity index (χ4n) is 2.54. The second-order valence-corrected chi connectivity index (χ2v) is 5.42. The second kappa shape index (κ2) is 5.84. The van der Waals surface area contributed by atoms with E-state index in [1.54, 1.807) is 6.20 Å². The van der Waals surface area contributed by atoms with Crippen molar-refractivity contribution in [2.45, 2.75) is 13.1 Å². The van der Waals surface area contributed by atoms with Crippen LogP contribution >= 0.6 is 11.6 Å². The molecule has 0 saturated heterocycles. The fourth-order valence-corrected chi connectivity index (χ4v) is 2.71. The van der Waals surface area contributed by atoms with E-state index in [1.165, 1.54) is 17.8 Å². The number of fused-ring (bicyclic) bond motifs is 1. The van der Waals surface area contributed by atoms with E-state index in [1.807, 2.05) is 25.2 Å². The molecule has 0 spiro atoms. The molecule has 0 aliphatic rings. The van der Waals surface area contributed by atoms with Gasteiger partial charge in [0.2, 0.25) is 0 Å². The third-order valence-electron chi connectivity index (χ3n) is 3.41. The number of hydrogen-bond donors (Lipinski definition) is 1. The van der Waals surface area contributed by atoms with E-state index in [0.29, 0.717) is 11.6 Å². The Balaban J connectivity index is 2.06. The van der Waals surface area contributed by atoms with Gasteiger partial charge in [0.25, 0.3) is 0 Å². The van der Waals surface area contributed by atoms with Crippen LogP contribution < -0.4 is 5.32 Å². The first kappa shape index (κ1) is 14.0. The number of nitrogens with zero attached hydrogens (tertiary/aromatic N) is 2. The lowest BCUT2D eigenvalue weighted by atomic mass is 10.2. The summed E-state index contributed by atoms with van der Waals surface area (Å²) in [7, 11) is 1.91. The Morgan fingerprint density at radius 2 is 2.14 bits per heavy atom. The Bertz CT molecular complexity index is 782. The SMILES string of the molecule is CNCc1cn(Cc2cncc(F)c2)c2cc(Cl)ccc12. The summed E-state index contributed by atoms with van der Waals surface area (Å²) in [6.45, 7) is 1.33. The van der Waals surface area contributed by atoms with E-state index in [9.17, 15) is 4.39 Å². The molecule has 0 radical (unpaired) electrons. The van der Waals surface area contributed by atoms with Gasteiger partial charge in [0.1, 0.15) is 5.82 Å². The highest BCUT2D eigenvalue weighted by molar-refractivity contribution is 6.31. The van der Waals surface area contributed by atoms with Crippen molar-refractivity contribution >= 4 is 22.5 Å². The molecule has 0 atom stereocenters. The molecule has 108 valence electrons. The highest BCUT2D eigenvalue weighted by Gasteiger charge is 2.09. The standard InChI is InChI=1S/C16H15ClFN3/c1-19-7-12-10-21(9-11-4-14(18)8-20-6-11)16-5-13(17)2-3-15(12)16/h2-6,8,10,19H,7,9H2,1H3. The lowest BCUT2D eigenvalue weighted by Gasteiger charge is -2.05. The monoisotopic (exact) mass is 303 g/mol. The molecule has 2 heterocycles. The molecular weight excluding hydrogens is 289 g/mol. The van der Waals surface area contributed by atoms with Crippen LogP contribution in [-0.2, 0) is 13.1 Å². The van der Waals surface area contributed by atoms with Crippen molar-refractivity contribution in [3.8, 4) is 0 Å². The maximum absolute atomic E-state index is 13.3. The van der Waals surface area contributed by atoms with Gasteiger partial charge in [-0.05, 0) is 36.4 Å². The van der Waals surface area contributed by atoms with Crippen molar-refractivity contribution in [3.63, 3.8) is 0 Å². The van der Waals surface area contributed by atoms with Crippen LogP contribution in [0.15, 0.2) is 42.9 Å². The molecule has 21 heavy (non-hydrogen) atoms. The van der Waals surface area contributed by atoms with Crippen molar-refractivity contribution in [3.05, 3.63) is 64.8 Å². The average molecular weight is 304 g/mol. The highest BCUT2D eigenvalue weighted by Crippen LogP contribution is 2.25. The van der Waals surface area contributed by atoms with Gasteiger partial charge in [-0.3, -0.25) is 4.98 Å². The molecule has 5 heteroatoms. The maximum atomic E-state index is 13.3. The lowest BCUT2D eigenvalue weighted by molar-refractivity contribution is 0.616. The zero-order valence-corrected chi connectivity index (χ0v) is 12.4. The Labute approximate surface area is 127 Å². The summed E-state index contributed by atoms with van der Waals surface area (Å²) in [6, 6.07) is 7.34. The van der Waals surface area contributed by atoms with Gasteiger partial charge < -0.3 is 9.88 Å². The minimum Gasteiger partial charge on any atom is -0.343 e. The molecule has 0 amide bonds. The van der Waals surface area contributed by atoms with E-state index in [4.69, 9.17) is 11.6 Å². The van der Waals surface area contributed by atoms with Crippen LogP contribution in [0.5, 0.6) is 0 Å². The van der Waals surface area contributed by atoms with Crippen molar-refractivity contribution in [2.75, 3.05) is 7.05 Å². The Hall–Kier alpha value is -1.91. The molecule has 1 aromatic carbocycles. The van der Waals surface area contributed by atoms with Crippen LogP contribution in [0.2, 0.25) is 5.02 Å². The van der Waals surface area contributed by atoms with Crippen molar-refractivity contribution in [2.24, 2.45) is 0 Å². The van der Waals surface area contributed by atoms with Crippen molar-refractivity contribution in [1.29, 1.82) is 0 Å². The van der Waals surface area contributed by atoms with E-state index in [0.717, 1.165) is 23.0 Å².